The van der Waals surface area contributed by atoms with Crippen molar-refractivity contribution in [3.05, 3.63) is 0 Å². The van der Waals surface area contributed by atoms with Crippen LogP contribution in [0.4, 0.5) is 0 Å². The predicted octanol–water partition coefficient (Wildman–Crippen LogP) is 3.82. The first kappa shape index (κ1) is 19.9. The molecule has 0 unspecified atom stereocenters. The Balaban J connectivity index is 3.29. The molecule has 3 nitrogen and oxygen atoms in total. The van der Waals surface area contributed by atoms with E-state index in [-0.39, 0.29) is 5.41 Å². The second-order valence-corrected chi connectivity index (χ2v) is 8.23. The van der Waals surface area contributed by atoms with Crippen molar-refractivity contribution in [1.29, 1.82) is 0 Å². The van der Waals surface area contributed by atoms with Gasteiger partial charge in [-0.15, -0.1) is 0 Å². The maximum absolute atomic E-state index is 5.64. The van der Waals surface area contributed by atoms with Crippen molar-refractivity contribution in [2.24, 2.45) is 10.8 Å². The molecule has 0 aliphatic carbocycles. The van der Waals surface area contributed by atoms with E-state index in [2.05, 4.69) is 53.5 Å². The summed E-state index contributed by atoms with van der Waals surface area (Å²) in [5.74, 6) is 0. The Morgan fingerprint density at radius 2 is 1.30 bits per heavy atom. The Bertz CT molecular complexity index is 228. The number of ether oxygens (including phenoxy) is 2. The lowest BCUT2D eigenvalue weighted by Gasteiger charge is -2.26. The van der Waals surface area contributed by atoms with E-state index in [1.165, 1.54) is 0 Å². The molecule has 0 N–H and O–H groups in total. The summed E-state index contributed by atoms with van der Waals surface area (Å²) < 4.78 is 11.2. The Kier molecular flexibility index (Phi) is 9.69. The Labute approximate surface area is 127 Å². The molecule has 0 aromatic carbocycles. The molecular weight excluding hydrogens is 250 g/mol. The summed E-state index contributed by atoms with van der Waals surface area (Å²) in [6.07, 6.45) is 2.10. The van der Waals surface area contributed by atoms with Crippen molar-refractivity contribution >= 4 is 0 Å². The summed E-state index contributed by atoms with van der Waals surface area (Å²) in [6.45, 7) is 18.9. The fraction of sp³-hybridized carbons (Fsp3) is 1.00. The van der Waals surface area contributed by atoms with Gasteiger partial charge in [-0.25, -0.2) is 0 Å². The molecule has 0 aliphatic heterocycles. The molecule has 0 heterocycles. The third-order valence-corrected chi connectivity index (χ3v) is 2.69. The van der Waals surface area contributed by atoms with Crippen LogP contribution in [-0.2, 0) is 9.47 Å². The molecule has 0 bridgehead atoms. The lowest BCUT2D eigenvalue weighted by molar-refractivity contribution is 0.0467. The Morgan fingerprint density at radius 3 is 1.85 bits per heavy atom. The van der Waals surface area contributed by atoms with Crippen LogP contribution in [-0.4, -0.2) is 51.5 Å². The van der Waals surface area contributed by atoms with Gasteiger partial charge >= 0.3 is 0 Å². The van der Waals surface area contributed by atoms with E-state index < -0.39 is 0 Å². The van der Waals surface area contributed by atoms with Gasteiger partial charge in [0.25, 0.3) is 0 Å². The van der Waals surface area contributed by atoms with Gasteiger partial charge in [0.2, 0.25) is 0 Å². The van der Waals surface area contributed by atoms with Gasteiger partial charge in [-0.3, -0.25) is 0 Å². The van der Waals surface area contributed by atoms with Gasteiger partial charge in [0.05, 0.1) is 6.61 Å². The lowest BCUT2D eigenvalue weighted by Crippen LogP contribution is -2.30. The monoisotopic (exact) mass is 287 g/mol. The number of hydrogen-bond acceptors (Lipinski definition) is 3. The largest absolute Gasteiger partial charge is 0.381 e. The molecule has 0 atom stereocenters. The molecule has 0 radical (unpaired) electrons. The van der Waals surface area contributed by atoms with E-state index in [1.54, 1.807) is 0 Å². The molecule has 0 spiro atoms. The van der Waals surface area contributed by atoms with Crippen molar-refractivity contribution in [3.63, 3.8) is 0 Å². The van der Waals surface area contributed by atoms with Gasteiger partial charge in [-0.05, 0) is 30.7 Å². The Hall–Kier alpha value is -0.120. The highest BCUT2D eigenvalue weighted by atomic mass is 16.5. The summed E-state index contributed by atoms with van der Waals surface area (Å²) in [7, 11) is 2.19. The molecule has 0 rings (SSSR count). The number of rotatable bonds is 10. The van der Waals surface area contributed by atoms with Crippen LogP contribution in [0, 0.1) is 10.8 Å². The van der Waals surface area contributed by atoms with Gasteiger partial charge in [0.1, 0.15) is 0 Å². The van der Waals surface area contributed by atoms with Crippen LogP contribution in [0.1, 0.15) is 54.4 Å². The van der Waals surface area contributed by atoms with E-state index in [4.69, 9.17) is 9.47 Å². The summed E-state index contributed by atoms with van der Waals surface area (Å²) in [4.78, 5) is 2.38. The zero-order chi connectivity index (χ0) is 15.6. The second-order valence-electron chi connectivity index (χ2n) is 8.23. The molecule has 0 amide bonds. The van der Waals surface area contributed by atoms with Crippen LogP contribution >= 0.6 is 0 Å². The van der Waals surface area contributed by atoms with Gasteiger partial charge in [0.15, 0.2) is 0 Å². The van der Waals surface area contributed by atoms with E-state index >= 15 is 0 Å². The average molecular weight is 287 g/mol. The molecule has 20 heavy (non-hydrogen) atoms. The van der Waals surface area contributed by atoms with Crippen LogP contribution in [0.25, 0.3) is 0 Å². The first-order valence-corrected chi connectivity index (χ1v) is 7.94. The first-order valence-electron chi connectivity index (χ1n) is 7.94. The summed E-state index contributed by atoms with van der Waals surface area (Å²) >= 11 is 0. The van der Waals surface area contributed by atoms with Gasteiger partial charge in [-0.2, -0.15) is 0 Å². The van der Waals surface area contributed by atoms with Crippen molar-refractivity contribution in [1.82, 2.24) is 4.90 Å². The van der Waals surface area contributed by atoms with E-state index in [1.807, 2.05) is 0 Å². The van der Waals surface area contributed by atoms with Crippen molar-refractivity contribution in [3.8, 4) is 0 Å². The van der Waals surface area contributed by atoms with Crippen molar-refractivity contribution < 1.29 is 9.47 Å². The van der Waals surface area contributed by atoms with E-state index in [0.29, 0.717) is 5.41 Å². The van der Waals surface area contributed by atoms with E-state index in [9.17, 15) is 0 Å². The number of hydrogen-bond donors (Lipinski definition) is 0. The molecule has 0 saturated heterocycles. The zero-order valence-electron chi connectivity index (χ0n) is 14.9. The standard InChI is InChI=1S/C17H37NO2/c1-16(2,3)14-18(7)10-8-11-19-12-9-13-20-15-17(4,5)6/h8-15H2,1-7H3. The maximum Gasteiger partial charge on any atom is 0.0514 e. The van der Waals surface area contributed by atoms with Crippen LogP contribution in [0.2, 0.25) is 0 Å². The predicted molar refractivity (Wildman–Crippen MR) is 87.3 cm³/mol. The van der Waals surface area contributed by atoms with Crippen molar-refractivity contribution in [2.75, 3.05) is 46.6 Å². The molecule has 0 fully saturated rings. The fourth-order valence-corrected chi connectivity index (χ4v) is 2.07. The van der Waals surface area contributed by atoms with Crippen LogP contribution in [0.15, 0.2) is 0 Å². The first-order chi connectivity index (χ1) is 9.10. The summed E-state index contributed by atoms with van der Waals surface area (Å²) in [5.41, 5.74) is 0.637. The minimum Gasteiger partial charge on any atom is -0.381 e. The number of nitrogens with zero attached hydrogens (tertiary/aromatic N) is 1. The fourth-order valence-electron chi connectivity index (χ4n) is 2.07. The normalized spacial score (nSPS) is 13.2. The highest BCUT2D eigenvalue weighted by molar-refractivity contribution is 4.66. The minimum atomic E-state index is 0.262. The smallest absolute Gasteiger partial charge is 0.0514 e. The third kappa shape index (κ3) is 15.9. The highest BCUT2D eigenvalue weighted by Gasteiger charge is 2.12. The van der Waals surface area contributed by atoms with Gasteiger partial charge < -0.3 is 14.4 Å². The highest BCUT2D eigenvalue weighted by Crippen LogP contribution is 2.14. The molecule has 0 aliphatic rings. The topological polar surface area (TPSA) is 21.7 Å². The summed E-state index contributed by atoms with van der Waals surface area (Å²) in [5, 5.41) is 0. The lowest BCUT2D eigenvalue weighted by atomic mass is 9.96. The maximum atomic E-state index is 5.64. The molecule has 122 valence electrons. The van der Waals surface area contributed by atoms with Gasteiger partial charge in [-0.1, -0.05) is 41.5 Å². The second kappa shape index (κ2) is 9.75. The van der Waals surface area contributed by atoms with Crippen LogP contribution in [0.3, 0.4) is 0 Å². The van der Waals surface area contributed by atoms with E-state index in [0.717, 1.165) is 52.4 Å². The minimum absolute atomic E-state index is 0.262. The molecule has 3 heteroatoms. The average Bonchev–Trinajstić information content (AvgIpc) is 2.22. The van der Waals surface area contributed by atoms with Crippen LogP contribution in [0.5, 0.6) is 0 Å². The summed E-state index contributed by atoms with van der Waals surface area (Å²) in [6, 6.07) is 0. The zero-order valence-corrected chi connectivity index (χ0v) is 14.9. The molecule has 0 aromatic heterocycles. The quantitative estimate of drug-likeness (QED) is 0.570. The Morgan fingerprint density at radius 1 is 0.750 bits per heavy atom. The van der Waals surface area contributed by atoms with Crippen molar-refractivity contribution in [2.45, 2.75) is 54.4 Å². The van der Waals surface area contributed by atoms with Gasteiger partial charge in [0, 0.05) is 32.9 Å². The third-order valence-electron chi connectivity index (χ3n) is 2.69. The SMILES string of the molecule is CN(CCCOCCCOCC(C)(C)C)CC(C)(C)C. The molecular formula is C17H37NO2. The molecule has 0 saturated carbocycles. The molecule has 0 aromatic rings. The van der Waals surface area contributed by atoms with Crippen LogP contribution < -0.4 is 0 Å².